The maximum absolute atomic E-state index is 12.5. The lowest BCUT2D eigenvalue weighted by molar-refractivity contribution is 0.178. The van der Waals surface area contributed by atoms with E-state index in [1.165, 1.54) is 0 Å². The Bertz CT molecular complexity index is 729. The fourth-order valence-electron chi connectivity index (χ4n) is 3.37. The molecule has 1 N–H and O–H groups in total. The average Bonchev–Trinajstić information content (AvgIpc) is 2.69. The molecule has 0 spiro atoms. The number of piperazine rings is 1. The van der Waals surface area contributed by atoms with Crippen molar-refractivity contribution in [3.63, 3.8) is 0 Å². The zero-order valence-corrected chi connectivity index (χ0v) is 14.1. The molecule has 1 fully saturated rings. The number of hydrogen-bond acceptors (Lipinski definition) is 4. The van der Waals surface area contributed by atoms with Crippen LogP contribution in [0.3, 0.4) is 0 Å². The number of nitrogens with one attached hydrogen (secondary N) is 1. The second kappa shape index (κ2) is 7.01. The molecule has 0 bridgehead atoms. The van der Waals surface area contributed by atoms with E-state index < -0.39 is 0 Å². The molecule has 2 amide bonds. The summed E-state index contributed by atoms with van der Waals surface area (Å²) in [5.74, 6) is 1.90. The van der Waals surface area contributed by atoms with Crippen molar-refractivity contribution < 1.29 is 9.53 Å². The van der Waals surface area contributed by atoms with Gasteiger partial charge >= 0.3 is 6.03 Å². The summed E-state index contributed by atoms with van der Waals surface area (Å²) < 4.78 is 5.75. The SMILES string of the molecule is O=C(NC1COc2ccccc2C1)N1CCN(c2ccccn2)CC1. The first-order valence-electron chi connectivity index (χ1n) is 8.72. The fourth-order valence-corrected chi connectivity index (χ4v) is 3.37. The van der Waals surface area contributed by atoms with Crippen LogP contribution in [-0.4, -0.2) is 54.7 Å². The van der Waals surface area contributed by atoms with Gasteiger partial charge in [-0.25, -0.2) is 9.78 Å². The number of carbonyl (C=O) groups is 1. The third-order valence-electron chi connectivity index (χ3n) is 4.75. The lowest BCUT2D eigenvalue weighted by Gasteiger charge is -2.36. The van der Waals surface area contributed by atoms with Gasteiger partial charge in [-0.05, 0) is 30.2 Å². The Labute approximate surface area is 147 Å². The smallest absolute Gasteiger partial charge is 0.317 e. The molecule has 2 aliphatic rings. The molecule has 1 unspecified atom stereocenters. The molecular formula is C19H22N4O2. The van der Waals surface area contributed by atoms with Crippen molar-refractivity contribution in [3.05, 3.63) is 54.2 Å². The van der Waals surface area contributed by atoms with Crippen molar-refractivity contribution in [3.8, 4) is 5.75 Å². The Morgan fingerprint density at radius 2 is 1.88 bits per heavy atom. The Hall–Kier alpha value is -2.76. The molecule has 2 aromatic rings. The van der Waals surface area contributed by atoms with E-state index in [2.05, 4.69) is 21.3 Å². The number of benzene rings is 1. The van der Waals surface area contributed by atoms with Gasteiger partial charge < -0.3 is 19.9 Å². The molecule has 3 heterocycles. The highest BCUT2D eigenvalue weighted by molar-refractivity contribution is 5.75. The number of rotatable bonds is 2. The Kier molecular flexibility index (Phi) is 4.41. The number of ether oxygens (including phenoxy) is 1. The van der Waals surface area contributed by atoms with Crippen molar-refractivity contribution in [1.29, 1.82) is 0 Å². The van der Waals surface area contributed by atoms with Crippen LogP contribution in [-0.2, 0) is 6.42 Å². The molecule has 1 atom stereocenters. The Balaban J connectivity index is 1.30. The Morgan fingerprint density at radius 3 is 2.68 bits per heavy atom. The minimum atomic E-state index is -0.00588. The normalized spacial score (nSPS) is 19.8. The van der Waals surface area contributed by atoms with Crippen LogP contribution in [0.15, 0.2) is 48.7 Å². The number of carbonyl (C=O) groups excluding carboxylic acids is 1. The molecule has 1 saturated heterocycles. The number of hydrogen-bond donors (Lipinski definition) is 1. The largest absolute Gasteiger partial charge is 0.491 e. The van der Waals surface area contributed by atoms with Crippen molar-refractivity contribution >= 4 is 11.8 Å². The van der Waals surface area contributed by atoms with Crippen LogP contribution in [0.25, 0.3) is 0 Å². The molecule has 25 heavy (non-hydrogen) atoms. The molecule has 2 aliphatic heterocycles. The van der Waals surface area contributed by atoms with Gasteiger partial charge in [0.2, 0.25) is 0 Å². The van der Waals surface area contributed by atoms with Crippen molar-refractivity contribution in [2.75, 3.05) is 37.7 Å². The topological polar surface area (TPSA) is 57.7 Å². The first-order chi connectivity index (χ1) is 12.3. The van der Waals surface area contributed by atoms with E-state index in [0.29, 0.717) is 19.7 Å². The lowest BCUT2D eigenvalue weighted by Crippen LogP contribution is -2.55. The summed E-state index contributed by atoms with van der Waals surface area (Å²) in [6.07, 6.45) is 2.62. The third-order valence-corrected chi connectivity index (χ3v) is 4.75. The van der Waals surface area contributed by atoms with E-state index in [0.717, 1.165) is 36.6 Å². The van der Waals surface area contributed by atoms with Gasteiger partial charge in [0.15, 0.2) is 0 Å². The molecule has 1 aromatic heterocycles. The van der Waals surface area contributed by atoms with E-state index in [9.17, 15) is 4.79 Å². The number of fused-ring (bicyclic) bond motifs is 1. The number of nitrogens with zero attached hydrogens (tertiary/aromatic N) is 3. The van der Waals surface area contributed by atoms with Crippen molar-refractivity contribution in [1.82, 2.24) is 15.2 Å². The van der Waals surface area contributed by atoms with Gasteiger partial charge in [0, 0.05) is 32.4 Å². The van der Waals surface area contributed by atoms with E-state index >= 15 is 0 Å². The molecule has 0 aliphatic carbocycles. The fraction of sp³-hybridized carbons (Fsp3) is 0.368. The molecule has 6 heteroatoms. The molecule has 130 valence electrons. The first kappa shape index (κ1) is 15.7. The second-order valence-corrected chi connectivity index (χ2v) is 6.43. The van der Waals surface area contributed by atoms with Gasteiger partial charge in [0.05, 0.1) is 6.04 Å². The first-order valence-corrected chi connectivity index (χ1v) is 8.72. The summed E-state index contributed by atoms with van der Waals surface area (Å²) in [6.45, 7) is 3.53. The van der Waals surface area contributed by atoms with Crippen LogP contribution in [0.4, 0.5) is 10.6 Å². The van der Waals surface area contributed by atoms with Gasteiger partial charge in [-0.2, -0.15) is 0 Å². The van der Waals surface area contributed by atoms with Crippen molar-refractivity contribution in [2.24, 2.45) is 0 Å². The highest BCUT2D eigenvalue weighted by atomic mass is 16.5. The summed E-state index contributed by atoms with van der Waals surface area (Å²) in [6, 6.07) is 13.9. The highest BCUT2D eigenvalue weighted by Gasteiger charge is 2.26. The minimum absolute atomic E-state index is 0.00588. The standard InChI is InChI=1S/C19H22N4O2/c24-19(21-16-13-15-5-1-2-6-17(15)25-14-16)23-11-9-22(10-12-23)18-7-3-4-8-20-18/h1-8,16H,9-14H2,(H,21,24). The molecule has 4 rings (SSSR count). The maximum atomic E-state index is 12.5. The van der Waals surface area contributed by atoms with E-state index in [1.807, 2.05) is 41.3 Å². The lowest BCUT2D eigenvalue weighted by atomic mass is 10.0. The van der Waals surface area contributed by atoms with Crippen LogP contribution in [0.5, 0.6) is 5.75 Å². The summed E-state index contributed by atoms with van der Waals surface area (Å²) in [7, 11) is 0. The predicted octanol–water partition coefficient (Wildman–Crippen LogP) is 1.92. The van der Waals surface area contributed by atoms with E-state index in [1.54, 1.807) is 6.20 Å². The summed E-state index contributed by atoms with van der Waals surface area (Å²) in [4.78, 5) is 21.0. The minimum Gasteiger partial charge on any atom is -0.491 e. The molecule has 1 aromatic carbocycles. The summed E-state index contributed by atoms with van der Waals surface area (Å²) >= 11 is 0. The van der Waals surface area contributed by atoms with Gasteiger partial charge in [-0.1, -0.05) is 24.3 Å². The number of anilines is 1. The number of urea groups is 1. The zero-order valence-electron chi connectivity index (χ0n) is 14.1. The van der Waals surface area contributed by atoms with E-state index in [4.69, 9.17) is 4.74 Å². The molecule has 6 nitrogen and oxygen atoms in total. The monoisotopic (exact) mass is 338 g/mol. The third kappa shape index (κ3) is 3.52. The number of aromatic nitrogens is 1. The van der Waals surface area contributed by atoms with Crippen molar-refractivity contribution in [2.45, 2.75) is 12.5 Å². The number of pyridine rings is 1. The van der Waals surface area contributed by atoms with Gasteiger partial charge in [-0.3, -0.25) is 0 Å². The van der Waals surface area contributed by atoms with Crippen LogP contribution < -0.4 is 15.0 Å². The number of amides is 2. The predicted molar refractivity (Wildman–Crippen MR) is 96.0 cm³/mol. The average molecular weight is 338 g/mol. The Morgan fingerprint density at radius 1 is 1.08 bits per heavy atom. The summed E-state index contributed by atoms with van der Waals surface area (Å²) in [5.41, 5.74) is 1.15. The van der Waals surface area contributed by atoms with Crippen LogP contribution >= 0.6 is 0 Å². The van der Waals surface area contributed by atoms with Crippen LogP contribution in [0, 0.1) is 0 Å². The van der Waals surface area contributed by atoms with Crippen LogP contribution in [0.1, 0.15) is 5.56 Å². The van der Waals surface area contributed by atoms with E-state index in [-0.39, 0.29) is 12.1 Å². The molecular weight excluding hydrogens is 316 g/mol. The second-order valence-electron chi connectivity index (χ2n) is 6.43. The van der Waals surface area contributed by atoms with Gasteiger partial charge in [0.1, 0.15) is 18.2 Å². The molecule has 0 radical (unpaired) electrons. The highest BCUT2D eigenvalue weighted by Crippen LogP contribution is 2.24. The van der Waals surface area contributed by atoms with Gasteiger partial charge in [-0.15, -0.1) is 0 Å². The van der Waals surface area contributed by atoms with Crippen LogP contribution in [0.2, 0.25) is 0 Å². The quantitative estimate of drug-likeness (QED) is 0.909. The number of para-hydroxylation sites is 1. The maximum Gasteiger partial charge on any atom is 0.317 e. The van der Waals surface area contributed by atoms with Gasteiger partial charge in [0.25, 0.3) is 0 Å². The zero-order chi connectivity index (χ0) is 17.1. The molecule has 0 saturated carbocycles. The summed E-state index contributed by atoms with van der Waals surface area (Å²) in [5, 5.41) is 3.11.